The van der Waals surface area contributed by atoms with Crippen molar-refractivity contribution in [2.75, 3.05) is 6.54 Å². The molecule has 0 aliphatic rings. The van der Waals surface area contributed by atoms with Gasteiger partial charge in [-0.25, -0.2) is 9.67 Å². The maximum Gasteiger partial charge on any atom is 0.252 e. The van der Waals surface area contributed by atoms with Gasteiger partial charge in [-0.1, -0.05) is 36.4 Å². The van der Waals surface area contributed by atoms with Crippen molar-refractivity contribution in [2.45, 2.75) is 13.3 Å². The van der Waals surface area contributed by atoms with Gasteiger partial charge in [0.05, 0.1) is 23.0 Å². The molecule has 3 aromatic heterocycles. The van der Waals surface area contributed by atoms with E-state index in [9.17, 15) is 4.79 Å². The lowest BCUT2D eigenvalue weighted by atomic mass is 10.1. The number of aromatic nitrogens is 3. The Kier molecular flexibility index (Phi) is 5.25. The summed E-state index contributed by atoms with van der Waals surface area (Å²) in [6.07, 6.45) is 4.50. The second-order valence-electron chi connectivity index (χ2n) is 7.62. The summed E-state index contributed by atoms with van der Waals surface area (Å²) in [5.74, 6) is 1.32. The number of aryl methyl sites for hydroxylation is 1. The Morgan fingerprint density at radius 1 is 1.03 bits per heavy atom. The van der Waals surface area contributed by atoms with Gasteiger partial charge in [0.15, 0.2) is 5.76 Å². The normalized spacial score (nSPS) is 11.0. The van der Waals surface area contributed by atoms with Crippen LogP contribution in [0.3, 0.4) is 0 Å². The van der Waals surface area contributed by atoms with Gasteiger partial charge in [-0.15, -0.1) is 0 Å². The second kappa shape index (κ2) is 8.51. The van der Waals surface area contributed by atoms with Crippen molar-refractivity contribution >= 4 is 16.8 Å². The Hall–Kier alpha value is -4.19. The van der Waals surface area contributed by atoms with E-state index < -0.39 is 0 Å². The highest BCUT2D eigenvalue weighted by molar-refractivity contribution is 6.07. The van der Waals surface area contributed by atoms with Crippen LogP contribution in [0, 0.1) is 6.92 Å². The average molecular weight is 422 g/mol. The zero-order valence-electron chi connectivity index (χ0n) is 17.7. The zero-order valence-corrected chi connectivity index (χ0v) is 17.7. The number of carbonyl (C=O) groups is 1. The first kappa shape index (κ1) is 19.8. The molecule has 0 spiro atoms. The van der Waals surface area contributed by atoms with Crippen LogP contribution in [0.1, 0.15) is 21.7 Å². The molecular formula is C26H22N4O2. The van der Waals surface area contributed by atoms with E-state index in [4.69, 9.17) is 4.42 Å². The van der Waals surface area contributed by atoms with Gasteiger partial charge in [-0.2, -0.15) is 5.10 Å². The van der Waals surface area contributed by atoms with Crippen LogP contribution in [0.25, 0.3) is 28.0 Å². The number of pyridine rings is 1. The van der Waals surface area contributed by atoms with Crippen LogP contribution < -0.4 is 5.32 Å². The van der Waals surface area contributed by atoms with Crippen LogP contribution in [0.4, 0.5) is 0 Å². The molecule has 32 heavy (non-hydrogen) atoms. The summed E-state index contributed by atoms with van der Waals surface area (Å²) in [7, 11) is 0. The molecule has 0 unspecified atom stereocenters. The highest BCUT2D eigenvalue weighted by Crippen LogP contribution is 2.26. The summed E-state index contributed by atoms with van der Waals surface area (Å²) < 4.78 is 7.57. The van der Waals surface area contributed by atoms with Crippen molar-refractivity contribution in [2.24, 2.45) is 0 Å². The van der Waals surface area contributed by atoms with Crippen molar-refractivity contribution in [1.82, 2.24) is 20.1 Å². The molecule has 6 heteroatoms. The third-order valence-corrected chi connectivity index (χ3v) is 5.31. The maximum absolute atomic E-state index is 13.1. The van der Waals surface area contributed by atoms with Crippen molar-refractivity contribution < 1.29 is 9.21 Å². The van der Waals surface area contributed by atoms with Crippen LogP contribution in [0.5, 0.6) is 0 Å². The van der Waals surface area contributed by atoms with Crippen molar-refractivity contribution in [1.29, 1.82) is 0 Å². The Labute approximate surface area is 185 Å². The zero-order chi connectivity index (χ0) is 21.9. The number of rotatable bonds is 6. The Morgan fingerprint density at radius 2 is 1.84 bits per heavy atom. The third kappa shape index (κ3) is 4.03. The molecule has 0 aliphatic heterocycles. The quantitative estimate of drug-likeness (QED) is 0.420. The van der Waals surface area contributed by atoms with Crippen LogP contribution in [0.2, 0.25) is 0 Å². The molecule has 158 valence electrons. The van der Waals surface area contributed by atoms with Gasteiger partial charge in [0.2, 0.25) is 0 Å². The van der Waals surface area contributed by atoms with Crippen LogP contribution in [-0.2, 0) is 6.42 Å². The SMILES string of the molecule is Cc1ccc(-c2cc(C(=O)NCCc3cnn(-c4ccccc4)c3)c3ccccc3n2)o1. The smallest absolute Gasteiger partial charge is 0.252 e. The van der Waals surface area contributed by atoms with E-state index in [0.717, 1.165) is 27.9 Å². The number of amides is 1. The summed E-state index contributed by atoms with van der Waals surface area (Å²) in [6.45, 7) is 2.39. The van der Waals surface area contributed by atoms with E-state index in [2.05, 4.69) is 15.4 Å². The van der Waals surface area contributed by atoms with Gasteiger partial charge >= 0.3 is 0 Å². The fourth-order valence-electron chi connectivity index (χ4n) is 3.69. The Balaban J connectivity index is 1.33. The number of furan rings is 1. The molecule has 0 aliphatic carbocycles. The van der Waals surface area contributed by atoms with Crippen molar-refractivity contribution in [3.05, 3.63) is 102 Å². The van der Waals surface area contributed by atoms with E-state index in [-0.39, 0.29) is 5.91 Å². The predicted octanol–water partition coefficient (Wildman–Crippen LogP) is 4.96. The number of carbonyl (C=O) groups excluding carboxylic acids is 1. The standard InChI is InChI=1S/C26H22N4O2/c1-18-11-12-25(32-18)24-15-22(21-9-5-6-10-23(21)29-24)26(31)27-14-13-19-16-28-30(17-19)20-7-3-2-4-8-20/h2-12,15-17H,13-14H2,1H3,(H,27,31). The second-order valence-corrected chi connectivity index (χ2v) is 7.62. The minimum absolute atomic E-state index is 0.136. The lowest BCUT2D eigenvalue weighted by molar-refractivity contribution is 0.0955. The number of hydrogen-bond donors (Lipinski definition) is 1. The van der Waals surface area contributed by atoms with Gasteiger partial charge in [0, 0.05) is 18.1 Å². The number of para-hydroxylation sites is 2. The van der Waals surface area contributed by atoms with E-state index >= 15 is 0 Å². The van der Waals surface area contributed by atoms with Crippen molar-refractivity contribution in [3.8, 4) is 17.1 Å². The number of hydrogen-bond acceptors (Lipinski definition) is 4. The predicted molar refractivity (Wildman–Crippen MR) is 124 cm³/mol. The summed E-state index contributed by atoms with van der Waals surface area (Å²) in [5.41, 5.74) is 4.05. The maximum atomic E-state index is 13.1. The minimum Gasteiger partial charge on any atom is -0.460 e. The van der Waals surface area contributed by atoms with Gasteiger partial charge in [0.1, 0.15) is 11.5 Å². The number of nitrogens with zero attached hydrogens (tertiary/aromatic N) is 3. The summed E-state index contributed by atoms with van der Waals surface area (Å²) in [4.78, 5) is 17.8. The molecule has 1 N–H and O–H groups in total. The van der Waals surface area contributed by atoms with E-state index in [1.807, 2.05) is 90.7 Å². The Morgan fingerprint density at radius 3 is 2.66 bits per heavy atom. The Bertz CT molecular complexity index is 1390. The third-order valence-electron chi connectivity index (χ3n) is 5.31. The molecule has 2 aromatic carbocycles. The van der Waals surface area contributed by atoms with Crippen LogP contribution >= 0.6 is 0 Å². The van der Waals surface area contributed by atoms with Gasteiger partial charge in [-0.05, 0) is 55.3 Å². The summed E-state index contributed by atoms with van der Waals surface area (Å²) >= 11 is 0. The van der Waals surface area contributed by atoms with Crippen LogP contribution in [-0.4, -0.2) is 27.2 Å². The molecule has 0 saturated carbocycles. The fraction of sp³-hybridized carbons (Fsp3) is 0.115. The first-order valence-corrected chi connectivity index (χ1v) is 10.5. The molecule has 0 radical (unpaired) electrons. The topological polar surface area (TPSA) is 73.0 Å². The highest BCUT2D eigenvalue weighted by Gasteiger charge is 2.15. The molecule has 0 fully saturated rings. The molecule has 5 rings (SSSR count). The molecule has 5 aromatic rings. The van der Waals surface area contributed by atoms with E-state index in [1.165, 1.54) is 0 Å². The van der Waals surface area contributed by atoms with Crippen LogP contribution in [0.15, 0.2) is 89.6 Å². The molecule has 3 heterocycles. The lowest BCUT2D eigenvalue weighted by Gasteiger charge is -2.09. The molecular weight excluding hydrogens is 400 g/mol. The van der Waals surface area contributed by atoms with E-state index in [1.54, 1.807) is 6.07 Å². The molecule has 0 atom stereocenters. The average Bonchev–Trinajstić information content (AvgIpc) is 3.48. The number of benzene rings is 2. The fourth-order valence-corrected chi connectivity index (χ4v) is 3.69. The van der Waals surface area contributed by atoms with Gasteiger partial charge < -0.3 is 9.73 Å². The first-order chi connectivity index (χ1) is 15.7. The molecule has 1 amide bonds. The highest BCUT2D eigenvalue weighted by atomic mass is 16.3. The van der Waals surface area contributed by atoms with Gasteiger partial charge in [-0.3, -0.25) is 4.79 Å². The van der Waals surface area contributed by atoms with Crippen molar-refractivity contribution in [3.63, 3.8) is 0 Å². The summed E-state index contributed by atoms with van der Waals surface area (Å²) in [6, 6.07) is 23.2. The van der Waals surface area contributed by atoms with E-state index in [0.29, 0.717) is 30.0 Å². The number of fused-ring (bicyclic) bond motifs is 1. The monoisotopic (exact) mass is 422 g/mol. The minimum atomic E-state index is -0.136. The van der Waals surface area contributed by atoms with Gasteiger partial charge in [0.25, 0.3) is 5.91 Å². The number of nitrogens with one attached hydrogen (secondary N) is 1. The molecule has 6 nitrogen and oxygen atoms in total. The molecule has 0 saturated heterocycles. The lowest BCUT2D eigenvalue weighted by Crippen LogP contribution is -2.26. The first-order valence-electron chi connectivity index (χ1n) is 10.5. The summed E-state index contributed by atoms with van der Waals surface area (Å²) in [5, 5.41) is 8.27. The largest absolute Gasteiger partial charge is 0.460 e. The molecule has 0 bridgehead atoms.